The van der Waals surface area contributed by atoms with Crippen LogP contribution in [0.2, 0.25) is 0 Å². The van der Waals surface area contributed by atoms with Crippen molar-refractivity contribution in [3.63, 3.8) is 0 Å². The molecule has 0 atom stereocenters. The van der Waals surface area contributed by atoms with Crippen LogP contribution in [0.25, 0.3) is 0 Å². The van der Waals surface area contributed by atoms with Gasteiger partial charge in [-0.25, -0.2) is 0 Å². The van der Waals surface area contributed by atoms with E-state index in [1.807, 2.05) is 24.3 Å². The third-order valence-corrected chi connectivity index (χ3v) is 2.53. The zero-order valence-electron chi connectivity index (χ0n) is 7.93. The number of unbranched alkanes of at least 4 members (excludes halogenated alkanes) is 1. The molecule has 0 amide bonds. The van der Waals surface area contributed by atoms with Crippen LogP contribution in [-0.4, -0.2) is 0 Å². The molecule has 0 unspecified atom stereocenters. The molecule has 14 heavy (non-hydrogen) atoms. The third kappa shape index (κ3) is 3.34. The molecule has 0 aromatic heterocycles. The standard InChI is InChI=1S/C11H12Cl3/c1-2-3-6-9-7-4-5-8-10(9)11(12,13)14/h4-8H,2-3H2,1H3. The summed E-state index contributed by atoms with van der Waals surface area (Å²) in [7, 11) is 0. The summed E-state index contributed by atoms with van der Waals surface area (Å²) in [5.74, 6) is 0. The van der Waals surface area contributed by atoms with Crippen LogP contribution in [0.15, 0.2) is 24.3 Å². The molecule has 1 aromatic rings. The first-order valence-electron chi connectivity index (χ1n) is 4.55. The van der Waals surface area contributed by atoms with Gasteiger partial charge in [0.2, 0.25) is 3.79 Å². The zero-order chi connectivity index (χ0) is 10.6. The first-order chi connectivity index (χ1) is 6.55. The lowest BCUT2D eigenvalue weighted by molar-refractivity contribution is 0.908. The Morgan fingerprint density at radius 2 is 1.86 bits per heavy atom. The highest BCUT2D eigenvalue weighted by atomic mass is 35.6. The van der Waals surface area contributed by atoms with E-state index in [1.54, 1.807) is 0 Å². The van der Waals surface area contributed by atoms with Crippen LogP contribution in [0.4, 0.5) is 0 Å². The summed E-state index contributed by atoms with van der Waals surface area (Å²) in [4.78, 5) is 0. The molecule has 0 nitrogen and oxygen atoms in total. The second-order valence-electron chi connectivity index (χ2n) is 3.08. The van der Waals surface area contributed by atoms with Crippen molar-refractivity contribution in [1.29, 1.82) is 0 Å². The van der Waals surface area contributed by atoms with Crippen molar-refractivity contribution in [3.8, 4) is 0 Å². The van der Waals surface area contributed by atoms with E-state index in [4.69, 9.17) is 34.8 Å². The zero-order valence-corrected chi connectivity index (χ0v) is 10.2. The van der Waals surface area contributed by atoms with Gasteiger partial charge in [-0.05, 0) is 18.4 Å². The van der Waals surface area contributed by atoms with Crippen LogP contribution < -0.4 is 0 Å². The molecule has 0 aliphatic carbocycles. The smallest absolute Gasteiger partial charge is 0.0784 e. The molecular weight excluding hydrogens is 238 g/mol. The minimum absolute atomic E-state index is 0.749. The molecule has 0 aliphatic heterocycles. The van der Waals surface area contributed by atoms with Crippen molar-refractivity contribution in [2.75, 3.05) is 0 Å². The average molecular weight is 251 g/mol. The fraction of sp³-hybridized carbons (Fsp3) is 0.364. The van der Waals surface area contributed by atoms with Crippen molar-refractivity contribution in [3.05, 3.63) is 41.8 Å². The lowest BCUT2D eigenvalue weighted by Crippen LogP contribution is -2.04. The predicted molar refractivity (Wildman–Crippen MR) is 64.0 cm³/mol. The highest BCUT2D eigenvalue weighted by Crippen LogP contribution is 2.40. The lowest BCUT2D eigenvalue weighted by atomic mass is 10.0. The maximum Gasteiger partial charge on any atom is 0.216 e. The van der Waals surface area contributed by atoms with Crippen molar-refractivity contribution in [2.45, 2.75) is 23.6 Å². The van der Waals surface area contributed by atoms with E-state index in [9.17, 15) is 0 Å². The van der Waals surface area contributed by atoms with Crippen LogP contribution in [0.5, 0.6) is 0 Å². The number of hydrogen-bond donors (Lipinski definition) is 0. The highest BCUT2D eigenvalue weighted by Gasteiger charge is 2.25. The number of rotatable bonds is 3. The van der Waals surface area contributed by atoms with Gasteiger partial charge < -0.3 is 0 Å². The van der Waals surface area contributed by atoms with Gasteiger partial charge in [-0.3, -0.25) is 0 Å². The summed E-state index contributed by atoms with van der Waals surface area (Å²) in [6, 6.07) is 7.63. The Morgan fingerprint density at radius 3 is 2.43 bits per heavy atom. The van der Waals surface area contributed by atoms with Crippen LogP contribution in [-0.2, 0) is 3.79 Å². The highest BCUT2D eigenvalue weighted by molar-refractivity contribution is 6.66. The van der Waals surface area contributed by atoms with Gasteiger partial charge in [-0.15, -0.1) is 0 Å². The van der Waals surface area contributed by atoms with E-state index in [2.05, 4.69) is 13.3 Å². The second-order valence-corrected chi connectivity index (χ2v) is 5.36. The number of benzene rings is 1. The maximum atomic E-state index is 5.85. The van der Waals surface area contributed by atoms with E-state index in [0.29, 0.717) is 0 Å². The fourth-order valence-corrected chi connectivity index (χ4v) is 1.75. The van der Waals surface area contributed by atoms with E-state index in [1.165, 1.54) is 0 Å². The molecule has 0 aliphatic rings. The molecule has 0 bridgehead atoms. The normalized spacial score (nSPS) is 11.7. The van der Waals surface area contributed by atoms with E-state index < -0.39 is 3.79 Å². The van der Waals surface area contributed by atoms with Crippen molar-refractivity contribution >= 4 is 34.8 Å². The molecule has 77 valence electrons. The molecule has 1 radical (unpaired) electrons. The second kappa shape index (κ2) is 5.25. The largest absolute Gasteiger partial charge is 0.216 e. The Morgan fingerprint density at radius 1 is 1.21 bits per heavy atom. The minimum atomic E-state index is -1.33. The van der Waals surface area contributed by atoms with Crippen molar-refractivity contribution in [2.24, 2.45) is 0 Å². The van der Waals surface area contributed by atoms with E-state index in [-0.39, 0.29) is 0 Å². The summed E-state index contributed by atoms with van der Waals surface area (Å²) < 4.78 is -1.33. The van der Waals surface area contributed by atoms with Gasteiger partial charge in [-0.1, -0.05) is 72.4 Å². The summed E-state index contributed by atoms with van der Waals surface area (Å²) in [6.45, 7) is 2.12. The first kappa shape index (κ1) is 12.2. The number of alkyl halides is 3. The summed E-state index contributed by atoms with van der Waals surface area (Å²) in [5.41, 5.74) is 1.76. The molecule has 1 aromatic carbocycles. The molecule has 0 saturated heterocycles. The molecule has 0 fully saturated rings. The van der Waals surface area contributed by atoms with E-state index >= 15 is 0 Å². The molecule has 0 N–H and O–H groups in total. The Hall–Kier alpha value is 0.0900. The molecule has 3 heteroatoms. The monoisotopic (exact) mass is 249 g/mol. The van der Waals surface area contributed by atoms with Gasteiger partial charge in [-0.2, -0.15) is 0 Å². The van der Waals surface area contributed by atoms with Gasteiger partial charge in [0.1, 0.15) is 0 Å². The molecule has 0 heterocycles. The van der Waals surface area contributed by atoms with E-state index in [0.717, 1.165) is 24.0 Å². The molecule has 1 rings (SSSR count). The minimum Gasteiger partial charge on any atom is -0.0784 e. The molecule has 0 spiro atoms. The summed E-state index contributed by atoms with van der Waals surface area (Å²) >= 11 is 17.6. The Balaban J connectivity index is 2.92. The Kier molecular flexibility index (Phi) is 4.56. The number of hydrogen-bond acceptors (Lipinski definition) is 0. The van der Waals surface area contributed by atoms with Gasteiger partial charge in [0.15, 0.2) is 0 Å². The number of halogens is 3. The van der Waals surface area contributed by atoms with Crippen LogP contribution in [0, 0.1) is 6.42 Å². The Bertz CT molecular complexity index is 289. The average Bonchev–Trinajstić information content (AvgIpc) is 2.14. The van der Waals surface area contributed by atoms with Gasteiger partial charge >= 0.3 is 0 Å². The van der Waals surface area contributed by atoms with Crippen LogP contribution in [0.3, 0.4) is 0 Å². The molecule has 0 saturated carbocycles. The molecular formula is C11H12Cl3. The third-order valence-electron chi connectivity index (χ3n) is 1.92. The van der Waals surface area contributed by atoms with Gasteiger partial charge in [0.05, 0.1) is 0 Å². The quantitative estimate of drug-likeness (QED) is 0.672. The summed E-state index contributed by atoms with van der Waals surface area (Å²) in [5, 5.41) is 0. The van der Waals surface area contributed by atoms with Crippen LogP contribution in [0.1, 0.15) is 30.9 Å². The fourth-order valence-electron chi connectivity index (χ4n) is 1.23. The lowest BCUT2D eigenvalue weighted by Gasteiger charge is -2.15. The van der Waals surface area contributed by atoms with Crippen molar-refractivity contribution < 1.29 is 0 Å². The van der Waals surface area contributed by atoms with Gasteiger partial charge in [0.25, 0.3) is 0 Å². The topological polar surface area (TPSA) is 0 Å². The van der Waals surface area contributed by atoms with Crippen LogP contribution >= 0.6 is 34.8 Å². The first-order valence-corrected chi connectivity index (χ1v) is 5.68. The van der Waals surface area contributed by atoms with Gasteiger partial charge in [0, 0.05) is 5.56 Å². The predicted octanol–water partition coefficient (Wildman–Crippen LogP) is 4.87. The maximum absolute atomic E-state index is 5.85. The summed E-state index contributed by atoms with van der Waals surface area (Å²) in [6.07, 6.45) is 4.18. The SMILES string of the molecule is CCC[CH]c1ccccc1C(Cl)(Cl)Cl. The van der Waals surface area contributed by atoms with Crippen molar-refractivity contribution in [1.82, 2.24) is 0 Å². The Labute approximate surface area is 100 Å².